The van der Waals surface area contributed by atoms with Crippen molar-refractivity contribution >= 4 is 33.1 Å². The molecule has 8 heteroatoms. The number of nitrogens with one attached hydrogen (secondary N) is 2. The summed E-state index contributed by atoms with van der Waals surface area (Å²) in [6.45, 7) is 7.97. The van der Waals surface area contributed by atoms with E-state index >= 15 is 0 Å². The maximum atomic E-state index is 12.4. The van der Waals surface area contributed by atoms with Gasteiger partial charge in [-0.1, -0.05) is 6.07 Å². The van der Waals surface area contributed by atoms with Crippen LogP contribution in [0, 0.1) is 27.7 Å². The largest absolute Gasteiger partial charge is 0.439 e. The molecule has 32 heavy (non-hydrogen) atoms. The van der Waals surface area contributed by atoms with E-state index in [0.717, 1.165) is 16.0 Å². The van der Waals surface area contributed by atoms with E-state index in [0.29, 0.717) is 39.8 Å². The number of carbonyl (C=O) groups excluding carboxylic acids is 1. The molecule has 0 saturated heterocycles. The number of hydrogen-bond donors (Lipinski definition) is 2. The second-order valence-corrected chi connectivity index (χ2v) is 8.96. The highest BCUT2D eigenvalue weighted by Crippen LogP contribution is 2.26. The lowest BCUT2D eigenvalue weighted by atomic mass is 10.1. The number of amides is 1. The molecule has 7 nitrogen and oxygen atoms in total. The Bertz CT molecular complexity index is 1360. The summed E-state index contributed by atoms with van der Waals surface area (Å²) in [5, 5.41) is 3.44. The number of hydrogen-bond acceptors (Lipinski definition) is 6. The second-order valence-electron chi connectivity index (χ2n) is 7.76. The minimum absolute atomic E-state index is 0.157. The van der Waals surface area contributed by atoms with Gasteiger partial charge in [-0.15, -0.1) is 11.3 Å². The van der Waals surface area contributed by atoms with Crippen molar-refractivity contribution in [1.82, 2.24) is 15.0 Å². The average Bonchev–Trinajstić information content (AvgIpc) is 3.04. The number of aromatic amines is 1. The van der Waals surface area contributed by atoms with E-state index in [1.54, 1.807) is 18.3 Å². The number of rotatable bonds is 6. The number of aromatic nitrogens is 3. The molecule has 1 amide bonds. The summed E-state index contributed by atoms with van der Waals surface area (Å²) in [6.07, 6.45) is 2.09. The summed E-state index contributed by atoms with van der Waals surface area (Å²) < 4.78 is 5.77. The number of thiophene rings is 1. The summed E-state index contributed by atoms with van der Waals surface area (Å²) in [4.78, 5) is 38.1. The highest BCUT2D eigenvalue weighted by atomic mass is 32.1. The highest BCUT2D eigenvalue weighted by molar-refractivity contribution is 7.18. The first-order valence-corrected chi connectivity index (χ1v) is 11.1. The Morgan fingerprint density at radius 3 is 2.66 bits per heavy atom. The first-order chi connectivity index (χ1) is 15.3. The van der Waals surface area contributed by atoms with Crippen LogP contribution in [0.2, 0.25) is 0 Å². The summed E-state index contributed by atoms with van der Waals surface area (Å²) in [5.74, 6) is 1.49. The number of pyridine rings is 1. The van der Waals surface area contributed by atoms with Gasteiger partial charge in [0.15, 0.2) is 0 Å². The van der Waals surface area contributed by atoms with Crippen LogP contribution in [0.15, 0.2) is 41.3 Å². The van der Waals surface area contributed by atoms with Gasteiger partial charge in [-0.3, -0.25) is 9.59 Å². The predicted octanol–water partition coefficient (Wildman–Crippen LogP) is 4.98. The molecule has 0 atom stereocenters. The van der Waals surface area contributed by atoms with Crippen molar-refractivity contribution in [2.45, 2.75) is 40.5 Å². The fraction of sp³-hybridized carbons (Fsp3) is 0.250. The Kier molecular flexibility index (Phi) is 6.05. The summed E-state index contributed by atoms with van der Waals surface area (Å²) in [6, 6.07) is 9.30. The highest BCUT2D eigenvalue weighted by Gasteiger charge is 2.13. The zero-order chi connectivity index (χ0) is 22.8. The van der Waals surface area contributed by atoms with Crippen LogP contribution in [0.1, 0.15) is 33.8 Å². The van der Waals surface area contributed by atoms with Crippen molar-refractivity contribution in [2.75, 3.05) is 5.32 Å². The van der Waals surface area contributed by atoms with Gasteiger partial charge in [0, 0.05) is 23.8 Å². The molecule has 0 radical (unpaired) electrons. The van der Waals surface area contributed by atoms with E-state index in [9.17, 15) is 9.59 Å². The molecule has 1 aromatic carbocycles. The number of aryl methyl sites for hydroxylation is 5. The summed E-state index contributed by atoms with van der Waals surface area (Å²) in [5.41, 5.74) is 3.72. The quantitative estimate of drug-likeness (QED) is 0.434. The van der Waals surface area contributed by atoms with Crippen LogP contribution >= 0.6 is 11.3 Å². The van der Waals surface area contributed by atoms with Crippen molar-refractivity contribution in [2.24, 2.45) is 0 Å². The minimum atomic E-state index is -0.184. The molecule has 0 unspecified atom stereocenters. The van der Waals surface area contributed by atoms with Crippen LogP contribution in [-0.2, 0) is 11.2 Å². The van der Waals surface area contributed by atoms with E-state index < -0.39 is 0 Å². The Labute approximate surface area is 189 Å². The number of carbonyl (C=O) groups is 1. The normalized spacial score (nSPS) is 11.0. The van der Waals surface area contributed by atoms with Crippen LogP contribution in [0.25, 0.3) is 10.2 Å². The maximum absolute atomic E-state index is 12.4. The Hall–Kier alpha value is -3.52. The van der Waals surface area contributed by atoms with E-state index in [4.69, 9.17) is 4.74 Å². The van der Waals surface area contributed by atoms with Crippen molar-refractivity contribution in [3.8, 4) is 11.6 Å². The van der Waals surface area contributed by atoms with E-state index in [-0.39, 0.29) is 17.9 Å². The van der Waals surface area contributed by atoms with Gasteiger partial charge in [0.25, 0.3) is 5.56 Å². The monoisotopic (exact) mass is 448 g/mol. The number of anilines is 1. The van der Waals surface area contributed by atoms with Crippen molar-refractivity contribution in [1.29, 1.82) is 0 Å². The molecule has 3 heterocycles. The van der Waals surface area contributed by atoms with Gasteiger partial charge in [-0.05, 0) is 62.6 Å². The fourth-order valence-electron chi connectivity index (χ4n) is 3.29. The number of fused-ring (bicyclic) bond motifs is 1. The molecular weight excluding hydrogens is 424 g/mol. The molecule has 0 fully saturated rings. The molecule has 0 spiro atoms. The first kappa shape index (κ1) is 21.7. The molecule has 0 saturated carbocycles. The SMILES string of the molecule is Cc1ccc(Oc2ccc(NC(=O)CCc3nc4sc(C)c(C)c4c(=O)[nH]3)cn2)cc1C. The molecule has 4 aromatic rings. The molecule has 0 bridgehead atoms. The number of ether oxygens (including phenoxy) is 1. The van der Waals surface area contributed by atoms with Gasteiger partial charge in [0.05, 0.1) is 17.3 Å². The molecule has 2 N–H and O–H groups in total. The van der Waals surface area contributed by atoms with Crippen molar-refractivity contribution in [3.63, 3.8) is 0 Å². The number of nitrogens with zero attached hydrogens (tertiary/aromatic N) is 2. The molecule has 0 aliphatic heterocycles. The van der Waals surface area contributed by atoms with E-state index in [1.807, 2.05) is 45.9 Å². The van der Waals surface area contributed by atoms with Crippen molar-refractivity contribution in [3.05, 3.63) is 74.3 Å². The van der Waals surface area contributed by atoms with Gasteiger partial charge in [0.1, 0.15) is 16.4 Å². The van der Waals surface area contributed by atoms with E-state index in [1.165, 1.54) is 16.9 Å². The lowest BCUT2D eigenvalue weighted by Gasteiger charge is -2.08. The van der Waals surface area contributed by atoms with Crippen LogP contribution in [-0.4, -0.2) is 20.9 Å². The van der Waals surface area contributed by atoms with Gasteiger partial charge in [0.2, 0.25) is 11.8 Å². The standard InChI is InChI=1S/C24H24N4O3S/c1-13-5-7-18(11-14(13)2)31-21-10-6-17(12-25-21)26-20(29)9-8-19-27-23(30)22-15(3)16(4)32-24(22)28-19/h5-7,10-12H,8-9H2,1-4H3,(H,26,29)(H,27,28,30). The lowest BCUT2D eigenvalue weighted by molar-refractivity contribution is -0.116. The molecule has 164 valence electrons. The van der Waals surface area contributed by atoms with Gasteiger partial charge in [-0.2, -0.15) is 0 Å². The summed E-state index contributed by atoms with van der Waals surface area (Å²) in [7, 11) is 0. The van der Waals surface area contributed by atoms with Crippen LogP contribution in [0.3, 0.4) is 0 Å². The van der Waals surface area contributed by atoms with Gasteiger partial charge < -0.3 is 15.0 Å². The average molecular weight is 449 g/mol. The fourth-order valence-corrected chi connectivity index (χ4v) is 4.33. The third-order valence-corrected chi connectivity index (χ3v) is 6.50. The Balaban J connectivity index is 1.35. The predicted molar refractivity (Wildman–Crippen MR) is 127 cm³/mol. The van der Waals surface area contributed by atoms with Crippen LogP contribution in [0.5, 0.6) is 11.6 Å². The van der Waals surface area contributed by atoms with Gasteiger partial charge >= 0.3 is 0 Å². The zero-order valence-electron chi connectivity index (χ0n) is 18.4. The maximum Gasteiger partial charge on any atom is 0.259 e. The first-order valence-electron chi connectivity index (χ1n) is 10.3. The Morgan fingerprint density at radius 1 is 1.12 bits per heavy atom. The lowest BCUT2D eigenvalue weighted by Crippen LogP contribution is -2.16. The van der Waals surface area contributed by atoms with E-state index in [2.05, 4.69) is 20.3 Å². The van der Waals surface area contributed by atoms with Crippen LogP contribution < -0.4 is 15.6 Å². The molecular formula is C24H24N4O3S. The number of benzene rings is 1. The second kappa shape index (κ2) is 8.92. The smallest absolute Gasteiger partial charge is 0.259 e. The topological polar surface area (TPSA) is 97.0 Å². The molecule has 3 aromatic heterocycles. The molecule has 0 aliphatic rings. The third kappa shape index (κ3) is 4.70. The number of H-pyrrole nitrogens is 1. The Morgan fingerprint density at radius 2 is 1.94 bits per heavy atom. The molecule has 4 rings (SSSR count). The van der Waals surface area contributed by atoms with Gasteiger partial charge in [-0.25, -0.2) is 9.97 Å². The van der Waals surface area contributed by atoms with Crippen LogP contribution in [0.4, 0.5) is 5.69 Å². The third-order valence-electron chi connectivity index (χ3n) is 5.40. The molecule has 0 aliphatic carbocycles. The van der Waals surface area contributed by atoms with Crippen molar-refractivity contribution < 1.29 is 9.53 Å². The zero-order valence-corrected chi connectivity index (χ0v) is 19.2. The summed E-state index contributed by atoms with van der Waals surface area (Å²) >= 11 is 1.50. The minimum Gasteiger partial charge on any atom is -0.439 e.